The van der Waals surface area contributed by atoms with Crippen molar-refractivity contribution >= 4 is 43.3 Å². The highest BCUT2D eigenvalue weighted by Crippen LogP contribution is 2.47. The molecule has 0 saturated heterocycles. The predicted octanol–water partition coefficient (Wildman–Crippen LogP) is 6.21. The van der Waals surface area contributed by atoms with Crippen LogP contribution < -0.4 is 20.9 Å². The third-order valence-corrected chi connectivity index (χ3v) is 15.2. The smallest absolute Gasteiger partial charge is 0.354 e. The number of nitrogens with zero attached hydrogens (tertiary/aromatic N) is 4. The summed E-state index contributed by atoms with van der Waals surface area (Å²) in [5, 5.41) is 39.0. The van der Waals surface area contributed by atoms with Crippen LogP contribution in [-0.2, 0) is 82.4 Å². The van der Waals surface area contributed by atoms with Gasteiger partial charge in [0.05, 0.1) is 26.9 Å². The lowest BCUT2D eigenvalue weighted by molar-refractivity contribution is 0.0731. The van der Waals surface area contributed by atoms with Crippen molar-refractivity contribution in [3.63, 3.8) is 0 Å². The van der Waals surface area contributed by atoms with Crippen molar-refractivity contribution in [2.75, 3.05) is 10.6 Å². The second-order valence-corrected chi connectivity index (χ2v) is 21.1. The van der Waals surface area contributed by atoms with Crippen molar-refractivity contribution in [1.29, 1.82) is 0 Å². The fraction of sp³-hybridized carbons (Fsp3) is 0.442. The normalized spacial score (nSPS) is 20.2. The van der Waals surface area contributed by atoms with Crippen LogP contribution in [0.2, 0.25) is 0 Å². The molecule has 16 heteroatoms. The van der Waals surface area contributed by atoms with Crippen LogP contribution in [0.5, 0.6) is 0 Å². The number of urea groups is 2. The minimum atomic E-state index is -3.66. The van der Waals surface area contributed by atoms with Crippen molar-refractivity contribution in [3.05, 3.63) is 104 Å². The van der Waals surface area contributed by atoms with Crippen LogP contribution in [0, 0.1) is 18.8 Å². The molecule has 4 atom stereocenters. The Balaban J connectivity index is 1.03. The summed E-state index contributed by atoms with van der Waals surface area (Å²) in [4.78, 5) is 35.9. The van der Waals surface area contributed by atoms with Gasteiger partial charge in [-0.15, -0.1) is 8.73 Å². The molecule has 312 valence electrons. The van der Waals surface area contributed by atoms with E-state index in [-0.39, 0.29) is 21.6 Å². The van der Waals surface area contributed by atoms with E-state index < -0.39 is 43.1 Å². The standard InChI is InChI=1S/C43H52N8O6S2/c1-23-35(13-15-37(47-23)43(4,5)55)59(45,57)51-41(53)49-39-32-11-7-9-25(32)17-29-19-27(21-34(29)39)26-18-28-16-24-8-6-10-31(24)38(33(28)20-26)48-40(52)50-58(44,56)30-12-14-36(46-22-30)42(2,3)54/h12-17,22,26-27,54-55H,6-11,18-21H2,1-5H3,(H3,44,48,50,52,56)(H3,45,49,51,53,57). The number of aryl methyl sites for hydroxylation is 3. The molecule has 0 aliphatic heterocycles. The summed E-state index contributed by atoms with van der Waals surface area (Å²) in [6, 6.07) is 9.04. The number of benzene rings is 2. The Kier molecular flexibility index (Phi) is 10.4. The van der Waals surface area contributed by atoms with E-state index in [1.165, 1.54) is 52.7 Å². The zero-order valence-corrected chi connectivity index (χ0v) is 35.7. The Morgan fingerprint density at radius 3 is 1.64 bits per heavy atom. The molecule has 0 saturated carbocycles. The molecule has 14 nitrogen and oxygen atoms in total. The highest BCUT2D eigenvalue weighted by atomic mass is 32.2. The lowest BCUT2D eigenvalue weighted by atomic mass is 9.87. The summed E-state index contributed by atoms with van der Waals surface area (Å²) in [5.41, 5.74) is 9.26. The van der Waals surface area contributed by atoms with Crippen LogP contribution in [0.25, 0.3) is 0 Å². The molecule has 2 aromatic heterocycles. The Morgan fingerprint density at radius 2 is 1.19 bits per heavy atom. The first-order valence-corrected chi connectivity index (χ1v) is 23.3. The van der Waals surface area contributed by atoms with Crippen LogP contribution in [0.3, 0.4) is 0 Å². The molecule has 4 amide bonds. The SMILES string of the molecule is Cc1nc(C(C)(C)O)ccc1S(N)(=O)=NC(=O)Nc1c2c(cc3c1CC(C1Cc4cc5c(c(NC(=O)N=S(N)(=O)c6ccc(C(C)(C)O)nc6)c4C1)CCC5)C3)CCC2. The van der Waals surface area contributed by atoms with E-state index >= 15 is 0 Å². The van der Waals surface area contributed by atoms with Crippen LogP contribution >= 0.6 is 0 Å². The van der Waals surface area contributed by atoms with Gasteiger partial charge in [0.2, 0.25) is 0 Å². The summed E-state index contributed by atoms with van der Waals surface area (Å²) in [6.07, 6.45) is 9.82. The number of anilines is 2. The minimum Gasteiger partial charge on any atom is -0.384 e. The third kappa shape index (κ3) is 8.05. The van der Waals surface area contributed by atoms with Crippen molar-refractivity contribution in [2.24, 2.45) is 30.8 Å². The molecule has 4 aliphatic rings. The molecule has 8 N–H and O–H groups in total. The molecule has 0 bridgehead atoms. The van der Waals surface area contributed by atoms with Gasteiger partial charge in [-0.2, -0.15) is 0 Å². The van der Waals surface area contributed by atoms with Gasteiger partial charge in [0.25, 0.3) is 0 Å². The summed E-state index contributed by atoms with van der Waals surface area (Å²) >= 11 is 0. The summed E-state index contributed by atoms with van der Waals surface area (Å²) in [6.45, 7) is 8.00. The monoisotopic (exact) mass is 840 g/mol. The van der Waals surface area contributed by atoms with Gasteiger partial charge in [-0.3, -0.25) is 9.97 Å². The van der Waals surface area contributed by atoms with E-state index in [9.17, 15) is 28.2 Å². The van der Waals surface area contributed by atoms with Gasteiger partial charge >= 0.3 is 12.1 Å². The van der Waals surface area contributed by atoms with Crippen molar-refractivity contribution in [3.8, 4) is 0 Å². The number of aromatic nitrogens is 2. The Morgan fingerprint density at radius 1 is 0.695 bits per heavy atom. The van der Waals surface area contributed by atoms with Gasteiger partial charge in [-0.25, -0.2) is 28.3 Å². The number of aliphatic hydroxyl groups is 2. The number of hydrogen-bond donors (Lipinski definition) is 6. The fourth-order valence-corrected chi connectivity index (χ4v) is 11.4. The topological polar surface area (TPSA) is 235 Å². The lowest BCUT2D eigenvalue weighted by Crippen LogP contribution is -2.22. The van der Waals surface area contributed by atoms with Gasteiger partial charge in [-0.1, -0.05) is 12.1 Å². The number of nitrogens with one attached hydrogen (secondary N) is 2. The zero-order chi connectivity index (χ0) is 42.2. The zero-order valence-electron chi connectivity index (χ0n) is 34.1. The number of carbonyl (C=O) groups excluding carboxylic acids is 2. The molecule has 2 heterocycles. The van der Waals surface area contributed by atoms with Crippen LogP contribution in [0.1, 0.15) is 102 Å². The first kappa shape index (κ1) is 41.2. The third-order valence-electron chi connectivity index (χ3n) is 12.3. The molecule has 0 fully saturated rings. The highest BCUT2D eigenvalue weighted by Gasteiger charge is 2.38. The highest BCUT2D eigenvalue weighted by molar-refractivity contribution is 7.92. The van der Waals surface area contributed by atoms with Gasteiger partial charge in [0, 0.05) is 17.6 Å². The lowest BCUT2D eigenvalue weighted by Gasteiger charge is -2.19. The maximum absolute atomic E-state index is 13.7. The predicted molar refractivity (Wildman–Crippen MR) is 227 cm³/mol. The number of fused-ring (bicyclic) bond motifs is 4. The van der Waals surface area contributed by atoms with Crippen LogP contribution in [-0.4, -0.2) is 40.7 Å². The maximum Gasteiger partial charge on any atom is 0.354 e. The average molecular weight is 841 g/mol. The molecular weight excluding hydrogens is 789 g/mol. The number of carbonyl (C=O) groups is 2. The minimum absolute atomic E-state index is 0.0852. The van der Waals surface area contributed by atoms with Crippen LogP contribution in [0.4, 0.5) is 21.0 Å². The fourth-order valence-electron chi connectivity index (χ4n) is 9.46. The van der Waals surface area contributed by atoms with Crippen LogP contribution in [0.15, 0.2) is 61.1 Å². The maximum atomic E-state index is 13.7. The first-order valence-electron chi connectivity index (χ1n) is 20.1. The largest absolute Gasteiger partial charge is 0.384 e. The van der Waals surface area contributed by atoms with Gasteiger partial charge in [0.1, 0.15) is 31.0 Å². The van der Waals surface area contributed by atoms with Gasteiger partial charge in [0.15, 0.2) is 0 Å². The van der Waals surface area contributed by atoms with E-state index in [2.05, 4.69) is 41.5 Å². The molecule has 4 unspecified atom stereocenters. The van der Waals surface area contributed by atoms with E-state index in [0.717, 1.165) is 97.8 Å². The molecule has 2 aromatic carbocycles. The first-order chi connectivity index (χ1) is 27.7. The second-order valence-electron chi connectivity index (χ2n) is 17.6. The number of hydrogen-bond acceptors (Lipinski definition) is 8. The Bertz CT molecular complexity index is 2680. The number of nitrogens with two attached hydrogens (primary N) is 2. The summed E-state index contributed by atoms with van der Waals surface area (Å²) in [7, 11) is -7.28. The summed E-state index contributed by atoms with van der Waals surface area (Å²) in [5.74, 6) is 0.527. The number of rotatable bonds is 7. The van der Waals surface area contributed by atoms with Gasteiger partial charge < -0.3 is 20.8 Å². The summed E-state index contributed by atoms with van der Waals surface area (Å²) < 4.78 is 35.1. The van der Waals surface area contributed by atoms with Crippen molar-refractivity contribution in [2.45, 2.75) is 120 Å². The molecule has 4 aliphatic carbocycles. The van der Waals surface area contributed by atoms with E-state index in [1.54, 1.807) is 34.6 Å². The Hall–Kier alpha value is -4.58. The van der Waals surface area contributed by atoms with Crippen molar-refractivity contribution < 1.29 is 28.2 Å². The molecule has 59 heavy (non-hydrogen) atoms. The molecule has 0 spiro atoms. The van der Waals surface area contributed by atoms with E-state index in [1.807, 2.05) is 0 Å². The molecule has 4 aromatic rings. The quantitative estimate of drug-likeness (QED) is 0.125. The van der Waals surface area contributed by atoms with Crippen molar-refractivity contribution in [1.82, 2.24) is 9.97 Å². The van der Waals surface area contributed by atoms with E-state index in [0.29, 0.717) is 17.1 Å². The molecular formula is C43H52N8O6S2. The number of pyridine rings is 2. The second kappa shape index (κ2) is 14.9. The van der Waals surface area contributed by atoms with Gasteiger partial charge in [-0.05, 0) is 179 Å². The molecule has 0 radical (unpaired) electrons. The molecule has 8 rings (SSSR count). The van der Waals surface area contributed by atoms with E-state index in [4.69, 9.17) is 10.3 Å². The average Bonchev–Trinajstić information content (AvgIpc) is 3.96. The number of amides is 4. The Labute approximate surface area is 345 Å².